The second-order valence-corrected chi connectivity index (χ2v) is 8.92. The molecule has 0 saturated carbocycles. The summed E-state index contributed by atoms with van der Waals surface area (Å²) in [5, 5.41) is 10.6. The molecule has 0 aliphatic heterocycles. The Kier molecular flexibility index (Phi) is 6.74. The van der Waals surface area contributed by atoms with Gasteiger partial charge >= 0.3 is 12.4 Å². The maximum atomic E-state index is 12.8. The third-order valence-corrected chi connectivity index (χ3v) is 6.31. The molecule has 0 spiro atoms. The number of aromatic nitrogens is 1. The minimum Gasteiger partial charge on any atom is -0.373 e. The highest BCUT2D eigenvalue weighted by molar-refractivity contribution is 7.92. The summed E-state index contributed by atoms with van der Waals surface area (Å²) in [5.74, 6) is -2.21. The first-order chi connectivity index (χ1) is 14.4. The highest BCUT2D eigenvalue weighted by Crippen LogP contribution is 2.34. The molecule has 0 aliphatic carbocycles. The molecule has 32 heavy (non-hydrogen) atoms. The summed E-state index contributed by atoms with van der Waals surface area (Å²) in [4.78, 5) is 14.7. The van der Waals surface area contributed by atoms with Crippen LogP contribution in [0.4, 0.5) is 37.8 Å². The largest absolute Gasteiger partial charge is 0.426 e. The first kappa shape index (κ1) is 25.7. The lowest BCUT2D eigenvalue weighted by Crippen LogP contribution is -2.52. The van der Waals surface area contributed by atoms with Crippen molar-refractivity contribution in [1.82, 2.24) is 4.98 Å². The third kappa shape index (κ3) is 5.07. The van der Waals surface area contributed by atoms with Crippen molar-refractivity contribution in [3.8, 4) is 0 Å². The maximum Gasteiger partial charge on any atom is 0.426 e. The van der Waals surface area contributed by atoms with Crippen LogP contribution in [0.2, 0.25) is 5.02 Å². The molecule has 1 atom stereocenters. The number of rotatable bonds is 5. The van der Waals surface area contributed by atoms with Gasteiger partial charge in [-0.15, -0.1) is 0 Å². The van der Waals surface area contributed by atoms with Gasteiger partial charge in [0.2, 0.25) is 5.60 Å². The van der Waals surface area contributed by atoms with E-state index < -0.39 is 55.1 Å². The van der Waals surface area contributed by atoms with E-state index in [4.69, 9.17) is 11.6 Å². The Morgan fingerprint density at radius 1 is 1.12 bits per heavy atom. The molecule has 2 rings (SSSR count). The summed E-state index contributed by atoms with van der Waals surface area (Å²) >= 11 is 5.86. The van der Waals surface area contributed by atoms with Crippen molar-refractivity contribution in [3.63, 3.8) is 0 Å². The fourth-order valence-corrected chi connectivity index (χ4v) is 3.62. The Hall–Kier alpha value is -2.58. The van der Waals surface area contributed by atoms with Crippen LogP contribution in [0.15, 0.2) is 41.4 Å². The zero-order valence-electron chi connectivity index (χ0n) is 16.1. The van der Waals surface area contributed by atoms with Crippen molar-refractivity contribution in [2.24, 2.45) is 0 Å². The Morgan fingerprint density at radius 3 is 2.16 bits per heavy atom. The molecule has 1 amide bonds. The Labute approximate surface area is 182 Å². The summed E-state index contributed by atoms with van der Waals surface area (Å²) in [6, 6.07) is 4.03. The van der Waals surface area contributed by atoms with E-state index in [0.717, 1.165) is 31.3 Å². The van der Waals surface area contributed by atoms with Crippen LogP contribution < -0.4 is 9.62 Å². The number of carbonyl (C=O) groups is 1. The molecule has 0 saturated heterocycles. The molecule has 0 radical (unpaired) electrons. The second kappa shape index (κ2) is 8.41. The van der Waals surface area contributed by atoms with Gasteiger partial charge in [0.1, 0.15) is 5.82 Å². The van der Waals surface area contributed by atoms with E-state index in [1.807, 2.05) is 0 Å². The fourth-order valence-electron chi connectivity index (χ4n) is 2.15. The number of pyridine rings is 1. The Balaban J connectivity index is 2.30. The molecule has 1 heterocycles. The summed E-state index contributed by atoms with van der Waals surface area (Å²) in [7, 11) is -3.39. The van der Waals surface area contributed by atoms with Crippen LogP contribution in [0.25, 0.3) is 0 Å². The molecule has 0 aliphatic rings. The van der Waals surface area contributed by atoms with E-state index in [-0.39, 0.29) is 12.7 Å². The molecular formula is C17H14ClF6N3O4S. The topological polar surface area (TPSA) is 99.6 Å². The van der Waals surface area contributed by atoms with E-state index in [1.165, 1.54) is 0 Å². The zero-order chi connectivity index (χ0) is 24.7. The van der Waals surface area contributed by atoms with Gasteiger partial charge in [-0.05, 0) is 37.3 Å². The SMILES string of the molecule is CN(c1ccc(C(F)(F)F)cn1)S(=O)(=O)c1ccc(NC(=O)C(C)(O)C(F)(F)F)c(Cl)c1. The number of amides is 1. The van der Waals surface area contributed by atoms with Gasteiger partial charge in [0.25, 0.3) is 15.9 Å². The summed E-state index contributed by atoms with van der Waals surface area (Å²) in [6.07, 6.45) is -9.52. The summed E-state index contributed by atoms with van der Waals surface area (Å²) in [5.41, 5.74) is -5.25. The highest BCUT2D eigenvalue weighted by atomic mass is 35.5. The fraction of sp³-hybridized carbons (Fsp3) is 0.294. The van der Waals surface area contributed by atoms with Gasteiger partial charge in [-0.1, -0.05) is 11.6 Å². The zero-order valence-corrected chi connectivity index (χ0v) is 17.7. The molecule has 0 fully saturated rings. The molecule has 2 N–H and O–H groups in total. The van der Waals surface area contributed by atoms with Crippen LogP contribution in [-0.2, 0) is 21.0 Å². The number of nitrogens with one attached hydrogen (secondary N) is 1. The molecule has 7 nitrogen and oxygen atoms in total. The van der Waals surface area contributed by atoms with Crippen molar-refractivity contribution in [2.75, 3.05) is 16.7 Å². The molecule has 15 heteroatoms. The van der Waals surface area contributed by atoms with Crippen molar-refractivity contribution in [2.45, 2.75) is 29.8 Å². The minimum absolute atomic E-state index is 0.223. The summed E-state index contributed by atoms with van der Waals surface area (Å²) in [6.45, 7) is 0.223. The van der Waals surface area contributed by atoms with Gasteiger partial charge in [0, 0.05) is 13.2 Å². The van der Waals surface area contributed by atoms with E-state index in [1.54, 1.807) is 5.32 Å². The number of hydrogen-bond acceptors (Lipinski definition) is 5. The average Bonchev–Trinajstić information content (AvgIpc) is 2.67. The lowest BCUT2D eigenvalue weighted by atomic mass is 10.1. The molecule has 0 bridgehead atoms. The monoisotopic (exact) mass is 505 g/mol. The minimum atomic E-state index is -5.29. The third-order valence-electron chi connectivity index (χ3n) is 4.24. The van der Waals surface area contributed by atoms with E-state index in [2.05, 4.69) is 4.98 Å². The number of benzene rings is 1. The first-order valence-corrected chi connectivity index (χ1v) is 10.1. The molecule has 1 aromatic heterocycles. The van der Waals surface area contributed by atoms with E-state index in [9.17, 15) is 44.7 Å². The van der Waals surface area contributed by atoms with Crippen molar-refractivity contribution < 1.29 is 44.7 Å². The summed E-state index contributed by atoms with van der Waals surface area (Å²) < 4.78 is 102. The average molecular weight is 506 g/mol. The van der Waals surface area contributed by atoms with Gasteiger partial charge in [-0.3, -0.25) is 9.10 Å². The molecule has 176 valence electrons. The predicted molar refractivity (Wildman–Crippen MR) is 102 cm³/mol. The number of nitrogens with zero attached hydrogens (tertiary/aromatic N) is 2. The van der Waals surface area contributed by atoms with Crippen LogP contribution in [0.3, 0.4) is 0 Å². The van der Waals surface area contributed by atoms with E-state index in [0.29, 0.717) is 16.6 Å². The Bertz CT molecular complexity index is 1120. The van der Waals surface area contributed by atoms with Crippen molar-refractivity contribution in [3.05, 3.63) is 47.1 Å². The number of aliphatic hydroxyl groups is 1. The van der Waals surface area contributed by atoms with Crippen molar-refractivity contribution in [1.29, 1.82) is 0 Å². The van der Waals surface area contributed by atoms with Crippen LogP contribution >= 0.6 is 11.6 Å². The Morgan fingerprint density at radius 2 is 1.72 bits per heavy atom. The molecular weight excluding hydrogens is 492 g/mol. The number of hydrogen-bond donors (Lipinski definition) is 2. The lowest BCUT2D eigenvalue weighted by Gasteiger charge is -2.25. The molecule has 1 unspecified atom stereocenters. The molecule has 1 aromatic carbocycles. The number of anilines is 2. The maximum absolute atomic E-state index is 12.8. The van der Waals surface area contributed by atoms with E-state index >= 15 is 0 Å². The smallest absolute Gasteiger partial charge is 0.373 e. The second-order valence-electron chi connectivity index (χ2n) is 6.54. The van der Waals surface area contributed by atoms with Gasteiger partial charge in [-0.25, -0.2) is 13.4 Å². The van der Waals surface area contributed by atoms with Crippen LogP contribution in [0.5, 0.6) is 0 Å². The van der Waals surface area contributed by atoms with Gasteiger partial charge in [-0.2, -0.15) is 26.3 Å². The predicted octanol–water partition coefficient (Wildman–Crippen LogP) is 3.83. The number of sulfonamides is 1. The highest BCUT2D eigenvalue weighted by Gasteiger charge is 2.55. The van der Waals surface area contributed by atoms with Gasteiger partial charge in [0.15, 0.2) is 0 Å². The van der Waals surface area contributed by atoms with Crippen LogP contribution in [-0.4, -0.2) is 43.2 Å². The quantitative estimate of drug-likeness (QED) is 0.602. The number of alkyl halides is 6. The van der Waals surface area contributed by atoms with Gasteiger partial charge in [0.05, 0.1) is 21.2 Å². The normalized spacial score (nSPS) is 14.6. The lowest BCUT2D eigenvalue weighted by molar-refractivity contribution is -0.242. The van der Waals surface area contributed by atoms with Gasteiger partial charge < -0.3 is 10.4 Å². The van der Waals surface area contributed by atoms with Crippen LogP contribution in [0.1, 0.15) is 12.5 Å². The number of carbonyl (C=O) groups excluding carboxylic acids is 1. The molecule has 2 aromatic rings. The van der Waals surface area contributed by atoms with Crippen LogP contribution in [0, 0.1) is 0 Å². The first-order valence-electron chi connectivity index (χ1n) is 8.31. The standard InChI is InChI=1S/C17H14ClF6N3O4S/c1-15(29,17(22,23)24)14(28)26-12-5-4-10(7-11(12)18)32(30,31)27(2)13-6-3-9(8-25-13)16(19,20)21/h3-8,29H,1-2H3,(H,26,28). The number of halogens is 7. The van der Waals surface area contributed by atoms with Crippen molar-refractivity contribution >= 4 is 39.0 Å².